The highest BCUT2D eigenvalue weighted by atomic mass is 16.2. The zero-order valence-corrected chi connectivity index (χ0v) is 15.2. The number of nitrogens with zero attached hydrogens (tertiary/aromatic N) is 4. The minimum Gasteiger partial charge on any atom is -0.333 e. The fraction of sp³-hybridized carbons (Fsp3) is 0.381. The van der Waals surface area contributed by atoms with E-state index in [1.807, 2.05) is 42.6 Å². The Labute approximate surface area is 158 Å². The van der Waals surface area contributed by atoms with E-state index in [1.54, 1.807) is 0 Å². The van der Waals surface area contributed by atoms with E-state index < -0.39 is 0 Å². The second-order valence-electron chi connectivity index (χ2n) is 7.69. The Morgan fingerprint density at radius 2 is 1.96 bits per heavy atom. The van der Waals surface area contributed by atoms with Crippen molar-refractivity contribution in [2.75, 3.05) is 19.6 Å². The van der Waals surface area contributed by atoms with E-state index in [4.69, 9.17) is 0 Å². The van der Waals surface area contributed by atoms with E-state index in [-0.39, 0.29) is 11.9 Å². The highest BCUT2D eigenvalue weighted by Crippen LogP contribution is 2.30. The van der Waals surface area contributed by atoms with Gasteiger partial charge in [0.25, 0.3) is 5.91 Å². The summed E-state index contributed by atoms with van der Waals surface area (Å²) in [6.07, 6.45) is 4.10. The van der Waals surface area contributed by atoms with Crippen molar-refractivity contribution in [1.29, 1.82) is 0 Å². The number of aromatic amines is 1. The molecule has 6 rings (SSSR count). The third-order valence-electron chi connectivity index (χ3n) is 5.83. The maximum Gasteiger partial charge on any atom is 0.275 e. The van der Waals surface area contributed by atoms with Gasteiger partial charge in [-0.2, -0.15) is 5.10 Å². The number of aromatic nitrogens is 3. The number of pyridine rings is 1. The quantitative estimate of drug-likeness (QED) is 0.779. The summed E-state index contributed by atoms with van der Waals surface area (Å²) in [5.74, 6) is 0.573. The van der Waals surface area contributed by atoms with E-state index in [1.165, 1.54) is 6.42 Å². The standard InChI is InChI=1S/C21H23N5O/c27-21(20-18-6-1-2-7-19(18)23-24-20)26-12-15-8-9-17(26)14-25(11-15)13-16-5-3-4-10-22-16/h1-7,10,15,17H,8-9,11-14H2,(H,23,24)/t15-,17+/m0/s1. The third-order valence-corrected chi connectivity index (χ3v) is 5.83. The molecule has 0 aliphatic carbocycles. The van der Waals surface area contributed by atoms with Crippen LogP contribution in [0.25, 0.3) is 10.9 Å². The fourth-order valence-corrected chi connectivity index (χ4v) is 4.54. The molecule has 0 saturated carbocycles. The molecule has 3 aliphatic rings. The number of benzene rings is 1. The van der Waals surface area contributed by atoms with Crippen LogP contribution in [0.5, 0.6) is 0 Å². The Morgan fingerprint density at radius 3 is 2.85 bits per heavy atom. The van der Waals surface area contributed by atoms with Crippen molar-refractivity contribution in [3.8, 4) is 0 Å². The van der Waals surface area contributed by atoms with Crippen molar-refractivity contribution in [2.45, 2.75) is 25.4 Å². The monoisotopic (exact) mass is 361 g/mol. The summed E-state index contributed by atoms with van der Waals surface area (Å²) >= 11 is 0. The summed E-state index contributed by atoms with van der Waals surface area (Å²) in [5.41, 5.74) is 2.56. The lowest BCUT2D eigenvalue weighted by Gasteiger charge is -2.35. The van der Waals surface area contributed by atoms with Gasteiger partial charge in [0.05, 0.1) is 11.2 Å². The molecule has 6 heteroatoms. The Bertz CT molecular complexity index is 953. The number of fused-ring (bicyclic) bond motifs is 5. The van der Waals surface area contributed by atoms with Crippen LogP contribution < -0.4 is 0 Å². The highest BCUT2D eigenvalue weighted by Gasteiger charge is 2.38. The molecule has 3 aliphatic heterocycles. The van der Waals surface area contributed by atoms with Gasteiger partial charge < -0.3 is 4.90 Å². The molecule has 1 aromatic carbocycles. The molecule has 27 heavy (non-hydrogen) atoms. The van der Waals surface area contributed by atoms with Crippen LogP contribution in [0.1, 0.15) is 29.0 Å². The fourth-order valence-electron chi connectivity index (χ4n) is 4.54. The van der Waals surface area contributed by atoms with Crippen molar-refractivity contribution in [3.63, 3.8) is 0 Å². The number of hydrogen-bond donors (Lipinski definition) is 1. The summed E-state index contributed by atoms with van der Waals surface area (Å²) in [4.78, 5) is 22.3. The van der Waals surface area contributed by atoms with E-state index in [0.29, 0.717) is 11.6 Å². The zero-order valence-electron chi connectivity index (χ0n) is 15.2. The first-order valence-electron chi connectivity index (χ1n) is 9.64. The van der Waals surface area contributed by atoms with Gasteiger partial charge in [0.2, 0.25) is 0 Å². The molecule has 3 saturated heterocycles. The maximum absolute atomic E-state index is 13.3. The number of carbonyl (C=O) groups is 1. The van der Waals surface area contributed by atoms with Crippen LogP contribution in [0.15, 0.2) is 48.7 Å². The molecule has 138 valence electrons. The third kappa shape index (κ3) is 3.10. The van der Waals surface area contributed by atoms with Crippen molar-refractivity contribution < 1.29 is 4.79 Å². The van der Waals surface area contributed by atoms with Gasteiger partial charge in [0.15, 0.2) is 5.69 Å². The SMILES string of the molecule is O=C(c1n[nH]c2ccccc12)N1C[C@H]2CC[C@@H]1CN(Cc1ccccn1)C2. The van der Waals surface area contributed by atoms with Gasteiger partial charge in [-0.3, -0.25) is 19.8 Å². The number of rotatable bonds is 3. The summed E-state index contributed by atoms with van der Waals surface area (Å²) in [5, 5.41) is 8.23. The van der Waals surface area contributed by atoms with Crippen LogP contribution in [0.3, 0.4) is 0 Å². The van der Waals surface area contributed by atoms with Crippen LogP contribution in [-0.4, -0.2) is 56.6 Å². The molecule has 0 unspecified atom stereocenters. The summed E-state index contributed by atoms with van der Waals surface area (Å²) in [6.45, 7) is 3.60. The van der Waals surface area contributed by atoms with E-state index in [0.717, 1.165) is 49.2 Å². The van der Waals surface area contributed by atoms with E-state index >= 15 is 0 Å². The van der Waals surface area contributed by atoms with E-state index in [9.17, 15) is 4.79 Å². The molecule has 2 atom stereocenters. The van der Waals surface area contributed by atoms with Gasteiger partial charge in [0.1, 0.15) is 0 Å². The number of para-hydroxylation sites is 1. The second kappa shape index (κ2) is 6.78. The minimum absolute atomic E-state index is 0.0573. The molecule has 1 amide bonds. The Kier molecular flexibility index (Phi) is 4.13. The first-order chi connectivity index (χ1) is 13.3. The second-order valence-corrected chi connectivity index (χ2v) is 7.69. The Hall–Kier alpha value is -2.73. The van der Waals surface area contributed by atoms with Crippen LogP contribution in [0.2, 0.25) is 0 Å². The number of nitrogens with one attached hydrogen (secondary N) is 1. The molecule has 5 heterocycles. The molecular formula is C21H23N5O. The molecule has 2 bridgehead atoms. The number of amides is 1. The predicted octanol–water partition coefficient (Wildman–Crippen LogP) is 2.69. The average molecular weight is 361 g/mol. The number of hydrogen-bond acceptors (Lipinski definition) is 4. The van der Waals surface area contributed by atoms with Crippen LogP contribution in [-0.2, 0) is 6.54 Å². The Morgan fingerprint density at radius 1 is 1.07 bits per heavy atom. The molecule has 0 spiro atoms. The van der Waals surface area contributed by atoms with Gasteiger partial charge in [-0.1, -0.05) is 24.3 Å². The number of carbonyl (C=O) groups excluding carboxylic acids is 1. The summed E-state index contributed by atoms with van der Waals surface area (Å²) < 4.78 is 0. The zero-order chi connectivity index (χ0) is 18.2. The van der Waals surface area contributed by atoms with Gasteiger partial charge >= 0.3 is 0 Å². The minimum atomic E-state index is 0.0573. The highest BCUT2D eigenvalue weighted by molar-refractivity contribution is 6.04. The molecule has 1 N–H and O–H groups in total. The molecule has 6 nitrogen and oxygen atoms in total. The lowest BCUT2D eigenvalue weighted by Crippen LogP contribution is -2.47. The maximum atomic E-state index is 13.3. The number of H-pyrrole nitrogens is 1. The lowest BCUT2D eigenvalue weighted by atomic mass is 9.94. The van der Waals surface area contributed by atoms with Crippen LogP contribution in [0, 0.1) is 5.92 Å². The van der Waals surface area contributed by atoms with Crippen molar-refractivity contribution in [2.24, 2.45) is 5.92 Å². The molecule has 3 fully saturated rings. The first-order valence-corrected chi connectivity index (χ1v) is 9.64. The Balaban J connectivity index is 1.38. The summed E-state index contributed by atoms with van der Waals surface area (Å²) in [7, 11) is 0. The topological polar surface area (TPSA) is 65.1 Å². The van der Waals surface area contributed by atoms with Crippen molar-refractivity contribution in [1.82, 2.24) is 25.0 Å². The van der Waals surface area contributed by atoms with Gasteiger partial charge in [-0.25, -0.2) is 0 Å². The molecule has 3 aromatic rings. The van der Waals surface area contributed by atoms with Crippen molar-refractivity contribution in [3.05, 3.63) is 60.0 Å². The number of piperidine rings is 1. The van der Waals surface area contributed by atoms with Crippen LogP contribution >= 0.6 is 0 Å². The van der Waals surface area contributed by atoms with E-state index in [2.05, 4.69) is 31.0 Å². The normalized spacial score (nSPS) is 22.9. The lowest BCUT2D eigenvalue weighted by molar-refractivity contribution is 0.0580. The largest absolute Gasteiger partial charge is 0.333 e. The van der Waals surface area contributed by atoms with Gasteiger partial charge in [-0.05, 0) is 37.0 Å². The molecule has 0 radical (unpaired) electrons. The smallest absolute Gasteiger partial charge is 0.275 e. The van der Waals surface area contributed by atoms with Crippen molar-refractivity contribution >= 4 is 16.8 Å². The molecule has 2 aromatic heterocycles. The van der Waals surface area contributed by atoms with Crippen LogP contribution in [0.4, 0.5) is 0 Å². The average Bonchev–Trinajstić information content (AvgIpc) is 2.94. The summed E-state index contributed by atoms with van der Waals surface area (Å²) in [6, 6.07) is 14.1. The molecular weight excluding hydrogens is 338 g/mol. The predicted molar refractivity (Wildman–Crippen MR) is 103 cm³/mol. The first kappa shape index (κ1) is 16.4. The van der Waals surface area contributed by atoms with Gasteiger partial charge in [0, 0.05) is 43.8 Å². The van der Waals surface area contributed by atoms with Gasteiger partial charge in [-0.15, -0.1) is 0 Å².